The first-order chi connectivity index (χ1) is 10.5. The van der Waals surface area contributed by atoms with Crippen LogP contribution in [-0.2, 0) is 16.1 Å². The van der Waals surface area contributed by atoms with Crippen molar-refractivity contribution in [1.29, 1.82) is 0 Å². The summed E-state index contributed by atoms with van der Waals surface area (Å²) in [4.78, 5) is 26.0. The van der Waals surface area contributed by atoms with E-state index in [0.717, 1.165) is 18.5 Å². The van der Waals surface area contributed by atoms with Crippen LogP contribution in [0.3, 0.4) is 0 Å². The van der Waals surface area contributed by atoms with E-state index in [1.54, 1.807) is 0 Å². The summed E-state index contributed by atoms with van der Waals surface area (Å²) in [6.45, 7) is 8.18. The normalized spacial score (nSPS) is 18.1. The molecule has 0 aliphatic carbocycles. The number of nitrogens with one attached hydrogen (secondary N) is 1. The number of amides is 2. The van der Waals surface area contributed by atoms with Gasteiger partial charge in [-0.1, -0.05) is 43.7 Å². The third kappa shape index (κ3) is 4.58. The molecular weight excluding hydrogens is 276 g/mol. The molecule has 22 heavy (non-hydrogen) atoms. The van der Waals surface area contributed by atoms with Crippen molar-refractivity contribution in [2.75, 3.05) is 13.1 Å². The van der Waals surface area contributed by atoms with E-state index in [9.17, 15) is 9.59 Å². The Morgan fingerprint density at radius 3 is 2.64 bits per heavy atom. The Bertz CT molecular complexity index is 522. The lowest BCUT2D eigenvalue weighted by molar-refractivity contribution is -0.129. The number of nitrogens with zero attached hydrogens (tertiary/aromatic N) is 1. The molecule has 1 saturated heterocycles. The van der Waals surface area contributed by atoms with Crippen LogP contribution in [0.25, 0.3) is 0 Å². The predicted molar refractivity (Wildman–Crippen MR) is 87.2 cm³/mol. The predicted octanol–water partition coefficient (Wildman–Crippen LogP) is 2.51. The Morgan fingerprint density at radius 1 is 1.32 bits per heavy atom. The van der Waals surface area contributed by atoms with Gasteiger partial charge in [0.15, 0.2) is 0 Å². The minimum Gasteiger partial charge on any atom is -0.352 e. The molecule has 1 atom stereocenters. The zero-order valence-corrected chi connectivity index (χ0v) is 13.8. The molecule has 1 aromatic rings. The van der Waals surface area contributed by atoms with Gasteiger partial charge in [-0.15, -0.1) is 0 Å². The molecule has 1 fully saturated rings. The van der Waals surface area contributed by atoms with E-state index in [4.69, 9.17) is 0 Å². The van der Waals surface area contributed by atoms with E-state index in [1.807, 2.05) is 36.1 Å². The molecule has 0 aromatic heterocycles. The van der Waals surface area contributed by atoms with Crippen molar-refractivity contribution in [1.82, 2.24) is 10.2 Å². The second kappa shape index (κ2) is 7.43. The SMILES string of the molecule is Cc1ccc(CNC(=O)[C@H]2CC(=O)N(CCC(C)C)C2)cc1. The second-order valence-electron chi connectivity index (χ2n) is 6.63. The quantitative estimate of drug-likeness (QED) is 0.878. The van der Waals surface area contributed by atoms with Crippen LogP contribution in [0.2, 0.25) is 0 Å². The highest BCUT2D eigenvalue weighted by molar-refractivity contribution is 5.89. The molecule has 4 nitrogen and oxygen atoms in total. The average molecular weight is 302 g/mol. The Kier molecular flexibility index (Phi) is 5.58. The molecule has 0 unspecified atom stereocenters. The largest absolute Gasteiger partial charge is 0.352 e. The fraction of sp³-hybridized carbons (Fsp3) is 0.556. The molecule has 1 aliphatic rings. The summed E-state index contributed by atoms with van der Waals surface area (Å²) in [5, 5.41) is 2.95. The van der Waals surface area contributed by atoms with Crippen LogP contribution in [0.1, 0.15) is 37.8 Å². The summed E-state index contributed by atoms with van der Waals surface area (Å²) < 4.78 is 0. The molecule has 0 spiro atoms. The lowest BCUT2D eigenvalue weighted by Gasteiger charge is -2.17. The van der Waals surface area contributed by atoms with Gasteiger partial charge in [-0.3, -0.25) is 9.59 Å². The zero-order chi connectivity index (χ0) is 16.1. The van der Waals surface area contributed by atoms with Crippen molar-refractivity contribution in [3.05, 3.63) is 35.4 Å². The van der Waals surface area contributed by atoms with Gasteiger partial charge >= 0.3 is 0 Å². The maximum absolute atomic E-state index is 12.2. The Hall–Kier alpha value is -1.84. The van der Waals surface area contributed by atoms with Crippen molar-refractivity contribution in [2.24, 2.45) is 11.8 Å². The fourth-order valence-electron chi connectivity index (χ4n) is 2.62. The van der Waals surface area contributed by atoms with E-state index < -0.39 is 0 Å². The second-order valence-corrected chi connectivity index (χ2v) is 6.63. The molecule has 1 N–H and O–H groups in total. The minimum atomic E-state index is -0.204. The number of hydrogen-bond donors (Lipinski definition) is 1. The summed E-state index contributed by atoms with van der Waals surface area (Å²) in [5.74, 6) is 0.462. The van der Waals surface area contributed by atoms with Gasteiger partial charge in [0.2, 0.25) is 11.8 Å². The van der Waals surface area contributed by atoms with Crippen molar-refractivity contribution in [3.8, 4) is 0 Å². The van der Waals surface area contributed by atoms with E-state index in [2.05, 4.69) is 19.2 Å². The zero-order valence-electron chi connectivity index (χ0n) is 13.8. The van der Waals surface area contributed by atoms with Gasteiger partial charge in [-0.25, -0.2) is 0 Å². The molecule has 2 rings (SSSR count). The number of aryl methyl sites for hydroxylation is 1. The summed E-state index contributed by atoms with van der Waals surface area (Å²) in [7, 11) is 0. The van der Waals surface area contributed by atoms with Crippen LogP contribution in [-0.4, -0.2) is 29.8 Å². The van der Waals surface area contributed by atoms with Gasteiger partial charge < -0.3 is 10.2 Å². The van der Waals surface area contributed by atoms with Crippen LogP contribution in [0.15, 0.2) is 24.3 Å². The molecule has 1 aromatic carbocycles. The first-order valence-electron chi connectivity index (χ1n) is 8.06. The van der Waals surface area contributed by atoms with Gasteiger partial charge in [0, 0.05) is 26.1 Å². The number of carbonyl (C=O) groups is 2. The minimum absolute atomic E-state index is 0.0130. The highest BCUT2D eigenvalue weighted by atomic mass is 16.2. The summed E-state index contributed by atoms with van der Waals surface area (Å²) in [6.07, 6.45) is 1.33. The number of rotatable bonds is 6. The standard InChI is InChI=1S/C18H26N2O2/c1-13(2)8-9-20-12-16(10-17(20)21)18(22)19-11-15-6-4-14(3)5-7-15/h4-7,13,16H,8-12H2,1-3H3,(H,19,22)/t16-/m0/s1. The van der Waals surface area contributed by atoms with E-state index in [1.165, 1.54) is 5.56 Å². The summed E-state index contributed by atoms with van der Waals surface area (Å²) in [5.41, 5.74) is 2.29. The van der Waals surface area contributed by atoms with Crippen LogP contribution in [0.4, 0.5) is 0 Å². The van der Waals surface area contributed by atoms with Crippen molar-refractivity contribution >= 4 is 11.8 Å². The number of carbonyl (C=O) groups excluding carboxylic acids is 2. The average Bonchev–Trinajstić information content (AvgIpc) is 2.85. The molecule has 0 radical (unpaired) electrons. The first kappa shape index (κ1) is 16.5. The third-order valence-corrected chi connectivity index (χ3v) is 4.15. The van der Waals surface area contributed by atoms with Crippen LogP contribution in [0, 0.1) is 18.8 Å². The number of benzene rings is 1. The molecule has 1 heterocycles. The molecule has 0 bridgehead atoms. The number of likely N-dealkylation sites (tertiary alicyclic amines) is 1. The summed E-state index contributed by atoms with van der Waals surface area (Å²) >= 11 is 0. The Morgan fingerprint density at radius 2 is 2.00 bits per heavy atom. The first-order valence-corrected chi connectivity index (χ1v) is 8.06. The van der Waals surface area contributed by atoms with Gasteiger partial charge in [-0.05, 0) is 24.8 Å². The smallest absolute Gasteiger partial charge is 0.225 e. The van der Waals surface area contributed by atoms with Crippen LogP contribution in [0.5, 0.6) is 0 Å². The third-order valence-electron chi connectivity index (χ3n) is 4.15. The summed E-state index contributed by atoms with van der Waals surface area (Å²) in [6, 6.07) is 8.11. The molecule has 0 saturated carbocycles. The van der Waals surface area contributed by atoms with Crippen molar-refractivity contribution in [2.45, 2.75) is 40.2 Å². The van der Waals surface area contributed by atoms with Crippen molar-refractivity contribution < 1.29 is 9.59 Å². The van der Waals surface area contributed by atoms with E-state index in [0.29, 0.717) is 25.4 Å². The maximum atomic E-state index is 12.2. The van der Waals surface area contributed by atoms with Gasteiger partial charge in [0.1, 0.15) is 0 Å². The topological polar surface area (TPSA) is 49.4 Å². The highest BCUT2D eigenvalue weighted by Crippen LogP contribution is 2.19. The highest BCUT2D eigenvalue weighted by Gasteiger charge is 2.33. The van der Waals surface area contributed by atoms with E-state index in [-0.39, 0.29) is 17.7 Å². The van der Waals surface area contributed by atoms with Crippen LogP contribution < -0.4 is 5.32 Å². The van der Waals surface area contributed by atoms with E-state index >= 15 is 0 Å². The Balaban J connectivity index is 1.80. The molecule has 1 aliphatic heterocycles. The molecule has 4 heteroatoms. The Labute approximate surface area is 132 Å². The molecule has 120 valence electrons. The lowest BCUT2D eigenvalue weighted by Crippen LogP contribution is -2.33. The lowest BCUT2D eigenvalue weighted by atomic mass is 10.1. The van der Waals surface area contributed by atoms with Crippen LogP contribution >= 0.6 is 0 Å². The van der Waals surface area contributed by atoms with Gasteiger partial charge in [0.05, 0.1) is 5.92 Å². The molecule has 2 amide bonds. The van der Waals surface area contributed by atoms with Gasteiger partial charge in [-0.2, -0.15) is 0 Å². The van der Waals surface area contributed by atoms with Gasteiger partial charge in [0.25, 0.3) is 0 Å². The fourth-order valence-corrected chi connectivity index (χ4v) is 2.62. The number of hydrogen-bond acceptors (Lipinski definition) is 2. The monoisotopic (exact) mass is 302 g/mol. The maximum Gasteiger partial charge on any atom is 0.225 e. The van der Waals surface area contributed by atoms with Crippen molar-refractivity contribution in [3.63, 3.8) is 0 Å². The molecular formula is C18H26N2O2.